The van der Waals surface area contributed by atoms with Gasteiger partial charge < -0.3 is 19.6 Å². The minimum atomic E-state index is -0.707. The summed E-state index contributed by atoms with van der Waals surface area (Å²) in [6.45, 7) is 9.26. The molecule has 0 saturated carbocycles. The van der Waals surface area contributed by atoms with Crippen molar-refractivity contribution in [2.75, 3.05) is 26.2 Å². The lowest BCUT2D eigenvalue weighted by Crippen LogP contribution is -2.38. The summed E-state index contributed by atoms with van der Waals surface area (Å²) in [6.07, 6.45) is 3.28. The van der Waals surface area contributed by atoms with Gasteiger partial charge in [0, 0.05) is 31.0 Å². The number of amides is 1. The average molecular weight is 500 g/mol. The number of carbonyl (C=O) groups is 2. The predicted molar refractivity (Wildman–Crippen MR) is 143 cm³/mol. The number of hydrogen-bond acceptors (Lipinski definition) is 6. The Morgan fingerprint density at radius 3 is 2.46 bits per heavy atom. The van der Waals surface area contributed by atoms with Crippen LogP contribution < -0.4 is 4.74 Å². The fourth-order valence-corrected chi connectivity index (χ4v) is 4.62. The molecule has 1 N–H and O–H groups in total. The van der Waals surface area contributed by atoms with E-state index in [1.165, 1.54) is 0 Å². The molecule has 4 rings (SSSR count). The van der Waals surface area contributed by atoms with Crippen LogP contribution in [0.3, 0.4) is 0 Å². The average Bonchev–Trinajstić information content (AvgIpc) is 3.18. The molecule has 1 fully saturated rings. The van der Waals surface area contributed by atoms with E-state index in [0.717, 1.165) is 24.2 Å². The van der Waals surface area contributed by atoms with Crippen LogP contribution in [0.1, 0.15) is 42.1 Å². The number of aliphatic hydroxyl groups excluding tert-OH is 1. The maximum absolute atomic E-state index is 13.2. The van der Waals surface area contributed by atoms with E-state index in [-0.39, 0.29) is 11.3 Å². The van der Waals surface area contributed by atoms with Crippen LogP contribution >= 0.6 is 0 Å². The molecule has 1 aliphatic heterocycles. The van der Waals surface area contributed by atoms with E-state index in [4.69, 9.17) is 4.74 Å². The van der Waals surface area contributed by atoms with Crippen molar-refractivity contribution < 1.29 is 19.4 Å². The molecule has 3 aromatic rings. The van der Waals surface area contributed by atoms with Gasteiger partial charge in [0.2, 0.25) is 0 Å². The van der Waals surface area contributed by atoms with Crippen LogP contribution in [0.2, 0.25) is 0 Å². The molecule has 0 aliphatic carbocycles. The highest BCUT2D eigenvalue weighted by atomic mass is 16.5. The molecule has 0 spiro atoms. The zero-order valence-electron chi connectivity index (χ0n) is 21.6. The highest BCUT2D eigenvalue weighted by Gasteiger charge is 2.46. The number of rotatable bonds is 10. The van der Waals surface area contributed by atoms with Gasteiger partial charge in [0.1, 0.15) is 18.1 Å². The number of benzene rings is 2. The zero-order chi connectivity index (χ0) is 26.4. The second-order valence-corrected chi connectivity index (χ2v) is 9.11. The van der Waals surface area contributed by atoms with Gasteiger partial charge in [-0.15, -0.1) is 0 Å². The van der Waals surface area contributed by atoms with E-state index in [1.807, 2.05) is 31.2 Å². The van der Waals surface area contributed by atoms with Gasteiger partial charge in [0.25, 0.3) is 11.7 Å². The van der Waals surface area contributed by atoms with Crippen LogP contribution in [0.4, 0.5) is 0 Å². The minimum absolute atomic E-state index is 0.0750. The van der Waals surface area contributed by atoms with Crippen LogP contribution in [0.5, 0.6) is 5.75 Å². The molecule has 2 aromatic carbocycles. The fourth-order valence-electron chi connectivity index (χ4n) is 4.62. The van der Waals surface area contributed by atoms with Gasteiger partial charge in [-0.05, 0) is 61.5 Å². The largest absolute Gasteiger partial charge is 0.507 e. The van der Waals surface area contributed by atoms with E-state index in [9.17, 15) is 14.7 Å². The van der Waals surface area contributed by atoms with Gasteiger partial charge >= 0.3 is 0 Å². The van der Waals surface area contributed by atoms with Crippen LogP contribution in [0.25, 0.3) is 5.76 Å². The van der Waals surface area contributed by atoms with Crippen LogP contribution in [0.15, 0.2) is 78.6 Å². The lowest BCUT2D eigenvalue weighted by Gasteiger charge is -2.28. The third-order valence-electron chi connectivity index (χ3n) is 6.71. The van der Waals surface area contributed by atoms with Crippen molar-refractivity contribution in [3.8, 4) is 5.75 Å². The van der Waals surface area contributed by atoms with Gasteiger partial charge in [-0.2, -0.15) is 0 Å². The van der Waals surface area contributed by atoms with Gasteiger partial charge in [-0.25, -0.2) is 0 Å². The molecule has 1 aliphatic rings. The molecule has 1 aromatic heterocycles. The molecule has 192 valence electrons. The summed E-state index contributed by atoms with van der Waals surface area (Å²) < 4.78 is 5.89. The van der Waals surface area contributed by atoms with E-state index in [2.05, 4.69) is 29.8 Å². The smallest absolute Gasteiger partial charge is 0.295 e. The Kier molecular flexibility index (Phi) is 8.36. The SMILES string of the molecule is CCN(CC)CCN1C(=O)C(=O)/C(=C(/O)c2ccc(OCc3cccc(C)c3)cc2)[C@H]1c1cccnc1. The molecule has 7 heteroatoms. The minimum Gasteiger partial charge on any atom is -0.507 e. The number of aromatic nitrogens is 1. The van der Waals surface area contributed by atoms with Gasteiger partial charge in [0.15, 0.2) is 0 Å². The summed E-state index contributed by atoms with van der Waals surface area (Å²) in [5.41, 5.74) is 3.43. The predicted octanol–water partition coefficient (Wildman–Crippen LogP) is 4.73. The summed E-state index contributed by atoms with van der Waals surface area (Å²) in [5, 5.41) is 11.3. The molecule has 37 heavy (non-hydrogen) atoms. The molecular formula is C30H33N3O4. The van der Waals surface area contributed by atoms with Crippen molar-refractivity contribution >= 4 is 17.4 Å². The lowest BCUT2D eigenvalue weighted by molar-refractivity contribution is -0.140. The molecule has 2 heterocycles. The van der Waals surface area contributed by atoms with Gasteiger partial charge in [-0.1, -0.05) is 49.7 Å². The topological polar surface area (TPSA) is 83.0 Å². The zero-order valence-corrected chi connectivity index (χ0v) is 21.6. The van der Waals surface area contributed by atoms with Crippen molar-refractivity contribution in [1.29, 1.82) is 0 Å². The number of Topliss-reactive ketones (excluding diaryl/α,β-unsaturated/α-hetero) is 1. The maximum atomic E-state index is 13.2. The number of carbonyl (C=O) groups excluding carboxylic acids is 2. The number of pyridine rings is 1. The lowest BCUT2D eigenvalue weighted by atomic mass is 9.96. The molecule has 1 saturated heterocycles. The van der Waals surface area contributed by atoms with E-state index in [0.29, 0.717) is 36.6 Å². The number of aliphatic hydroxyl groups is 1. The van der Waals surface area contributed by atoms with Crippen molar-refractivity contribution in [2.24, 2.45) is 0 Å². The Morgan fingerprint density at radius 2 is 1.81 bits per heavy atom. The highest BCUT2D eigenvalue weighted by Crippen LogP contribution is 2.39. The fraction of sp³-hybridized carbons (Fsp3) is 0.300. The number of likely N-dealkylation sites (N-methyl/N-ethyl adjacent to an activating group) is 1. The summed E-state index contributed by atoms with van der Waals surface area (Å²) in [7, 11) is 0. The first-order valence-corrected chi connectivity index (χ1v) is 12.6. The van der Waals surface area contributed by atoms with Crippen molar-refractivity contribution in [1.82, 2.24) is 14.8 Å². The maximum Gasteiger partial charge on any atom is 0.295 e. The van der Waals surface area contributed by atoms with Crippen molar-refractivity contribution in [3.63, 3.8) is 0 Å². The van der Waals surface area contributed by atoms with Crippen LogP contribution in [-0.4, -0.2) is 57.8 Å². The first-order chi connectivity index (χ1) is 17.9. The monoisotopic (exact) mass is 499 g/mol. The first kappa shape index (κ1) is 26.1. The van der Waals surface area contributed by atoms with Gasteiger partial charge in [-0.3, -0.25) is 14.6 Å². The molecule has 1 amide bonds. The molecule has 7 nitrogen and oxygen atoms in total. The van der Waals surface area contributed by atoms with E-state index >= 15 is 0 Å². The van der Waals surface area contributed by atoms with E-state index in [1.54, 1.807) is 47.6 Å². The number of nitrogens with zero attached hydrogens (tertiary/aromatic N) is 3. The Balaban J connectivity index is 1.61. The summed E-state index contributed by atoms with van der Waals surface area (Å²) in [4.78, 5) is 34.2. The Bertz CT molecular complexity index is 1270. The second kappa shape index (κ2) is 11.8. The van der Waals surface area contributed by atoms with Gasteiger partial charge in [0.05, 0.1) is 11.6 Å². The van der Waals surface area contributed by atoms with Crippen molar-refractivity contribution in [2.45, 2.75) is 33.4 Å². The number of ether oxygens (including phenoxy) is 1. The standard InChI is InChI=1S/C30H33N3O4/c1-4-32(5-2)16-17-33-27(24-10-7-15-31-19-24)26(29(35)30(33)36)28(34)23-11-13-25(14-12-23)37-20-22-9-6-8-21(3)18-22/h6-15,18-19,27,34H,4-5,16-17,20H2,1-3H3/b28-26+/t27-/m1/s1. The second-order valence-electron chi connectivity index (χ2n) is 9.11. The summed E-state index contributed by atoms with van der Waals surface area (Å²) >= 11 is 0. The normalized spacial score (nSPS) is 17.0. The van der Waals surface area contributed by atoms with Crippen LogP contribution in [0, 0.1) is 6.92 Å². The Labute approximate surface area is 218 Å². The van der Waals surface area contributed by atoms with E-state index < -0.39 is 17.7 Å². The quantitative estimate of drug-likeness (QED) is 0.247. The number of hydrogen-bond donors (Lipinski definition) is 1. The highest BCUT2D eigenvalue weighted by molar-refractivity contribution is 6.46. The van der Waals surface area contributed by atoms with Crippen molar-refractivity contribution in [3.05, 3.63) is 101 Å². The number of ketones is 1. The molecule has 0 radical (unpaired) electrons. The molecular weight excluding hydrogens is 466 g/mol. The summed E-state index contributed by atoms with van der Waals surface area (Å²) in [6, 6.07) is 17.9. The molecule has 1 atom stereocenters. The molecule has 0 unspecified atom stereocenters. The molecule has 0 bridgehead atoms. The third kappa shape index (κ3) is 5.89. The Morgan fingerprint density at radius 1 is 1.05 bits per heavy atom. The number of likely N-dealkylation sites (tertiary alicyclic amines) is 1. The first-order valence-electron chi connectivity index (χ1n) is 12.6. The number of aryl methyl sites for hydroxylation is 1. The Hall–Kier alpha value is -3.97. The third-order valence-corrected chi connectivity index (χ3v) is 6.71. The summed E-state index contributed by atoms with van der Waals surface area (Å²) in [5.74, 6) is -0.865. The van der Waals surface area contributed by atoms with Crippen LogP contribution in [-0.2, 0) is 16.2 Å².